The normalized spacial score (nSPS) is 17.3. The Bertz CT molecular complexity index is 977. The summed E-state index contributed by atoms with van der Waals surface area (Å²) in [6.45, 7) is 2.33. The topological polar surface area (TPSA) is 97.8 Å². The van der Waals surface area contributed by atoms with E-state index in [-0.39, 0.29) is 22.4 Å². The second kappa shape index (κ2) is 9.33. The molecule has 1 saturated heterocycles. The van der Waals surface area contributed by atoms with Crippen LogP contribution in [-0.4, -0.2) is 62.1 Å². The SMILES string of the molecule is COc1ccc(OC)c(S(=O)(=O)N2CSCC2C(=O)NCCc2csc(C)n2)c1. The number of aryl methyl sites for hydroxylation is 1. The van der Waals surface area contributed by atoms with Gasteiger partial charge in [0.2, 0.25) is 15.9 Å². The molecule has 0 radical (unpaired) electrons. The van der Waals surface area contributed by atoms with Crippen LogP contribution in [0.2, 0.25) is 0 Å². The minimum absolute atomic E-state index is 0.0161. The zero-order chi connectivity index (χ0) is 21.0. The highest BCUT2D eigenvalue weighted by Gasteiger charge is 2.41. The number of thioether (sulfide) groups is 1. The van der Waals surface area contributed by atoms with Crippen LogP contribution in [0.1, 0.15) is 10.7 Å². The Kier molecular flexibility index (Phi) is 7.04. The van der Waals surface area contributed by atoms with Gasteiger partial charge in [-0.1, -0.05) is 0 Å². The number of methoxy groups -OCH3 is 2. The molecule has 1 aliphatic rings. The van der Waals surface area contributed by atoms with Gasteiger partial charge in [0, 0.05) is 30.2 Å². The van der Waals surface area contributed by atoms with E-state index in [2.05, 4.69) is 10.3 Å². The maximum Gasteiger partial charge on any atom is 0.248 e. The molecule has 158 valence electrons. The van der Waals surface area contributed by atoms with Crippen molar-refractivity contribution in [1.82, 2.24) is 14.6 Å². The van der Waals surface area contributed by atoms with Crippen LogP contribution < -0.4 is 14.8 Å². The molecule has 1 unspecified atom stereocenters. The molecule has 0 saturated carbocycles. The minimum Gasteiger partial charge on any atom is -0.497 e. The van der Waals surface area contributed by atoms with Gasteiger partial charge in [0.05, 0.1) is 30.8 Å². The molecule has 11 heteroatoms. The number of rotatable bonds is 8. The zero-order valence-electron chi connectivity index (χ0n) is 16.4. The molecule has 1 fully saturated rings. The molecular formula is C18H23N3O5S3. The van der Waals surface area contributed by atoms with Crippen LogP contribution in [0.25, 0.3) is 0 Å². The number of carbonyl (C=O) groups is 1. The number of thiazole rings is 1. The van der Waals surface area contributed by atoms with Crippen LogP contribution >= 0.6 is 23.1 Å². The van der Waals surface area contributed by atoms with Crippen molar-refractivity contribution in [1.29, 1.82) is 0 Å². The Balaban J connectivity index is 1.74. The van der Waals surface area contributed by atoms with Gasteiger partial charge in [0.15, 0.2) is 0 Å². The Labute approximate surface area is 178 Å². The van der Waals surface area contributed by atoms with Gasteiger partial charge in [0.25, 0.3) is 0 Å². The van der Waals surface area contributed by atoms with Crippen LogP contribution in [0.3, 0.4) is 0 Å². The lowest BCUT2D eigenvalue weighted by Gasteiger charge is -2.23. The van der Waals surface area contributed by atoms with Gasteiger partial charge >= 0.3 is 0 Å². The molecule has 0 aliphatic carbocycles. The molecule has 1 aliphatic heterocycles. The summed E-state index contributed by atoms with van der Waals surface area (Å²) in [5, 5.41) is 5.77. The predicted molar refractivity (Wildman–Crippen MR) is 113 cm³/mol. The zero-order valence-corrected chi connectivity index (χ0v) is 18.8. The first kappa shape index (κ1) is 21.9. The lowest BCUT2D eigenvalue weighted by atomic mass is 10.3. The average molecular weight is 458 g/mol. The van der Waals surface area contributed by atoms with E-state index in [0.29, 0.717) is 24.5 Å². The number of hydrogen-bond donors (Lipinski definition) is 1. The van der Waals surface area contributed by atoms with E-state index in [0.717, 1.165) is 10.7 Å². The van der Waals surface area contributed by atoms with E-state index in [1.165, 1.54) is 36.4 Å². The Hall–Kier alpha value is -1.82. The molecule has 8 nitrogen and oxygen atoms in total. The number of amides is 1. The van der Waals surface area contributed by atoms with Crippen molar-refractivity contribution in [2.24, 2.45) is 0 Å². The Morgan fingerprint density at radius 3 is 2.79 bits per heavy atom. The molecular weight excluding hydrogens is 434 g/mol. The van der Waals surface area contributed by atoms with Crippen LogP contribution in [0.4, 0.5) is 0 Å². The van der Waals surface area contributed by atoms with Crippen LogP contribution in [0.15, 0.2) is 28.5 Å². The largest absolute Gasteiger partial charge is 0.497 e. The maximum absolute atomic E-state index is 13.3. The third-order valence-electron chi connectivity index (χ3n) is 4.45. The second-order valence-corrected chi connectivity index (χ2v) is 10.2. The first-order valence-electron chi connectivity index (χ1n) is 8.87. The molecule has 29 heavy (non-hydrogen) atoms. The van der Waals surface area contributed by atoms with E-state index in [1.807, 2.05) is 12.3 Å². The van der Waals surface area contributed by atoms with Crippen molar-refractivity contribution < 1.29 is 22.7 Å². The van der Waals surface area contributed by atoms with E-state index >= 15 is 0 Å². The van der Waals surface area contributed by atoms with Crippen molar-refractivity contribution in [3.63, 3.8) is 0 Å². The summed E-state index contributed by atoms with van der Waals surface area (Å²) in [6.07, 6.45) is 0.604. The van der Waals surface area contributed by atoms with E-state index in [1.54, 1.807) is 23.5 Å². The summed E-state index contributed by atoms with van der Waals surface area (Å²) in [7, 11) is -1.08. The van der Waals surface area contributed by atoms with Gasteiger partial charge in [-0.3, -0.25) is 4.79 Å². The Morgan fingerprint density at radius 2 is 2.14 bits per heavy atom. The first-order chi connectivity index (χ1) is 13.9. The third-order valence-corrected chi connectivity index (χ3v) is 8.32. The van der Waals surface area contributed by atoms with Gasteiger partial charge in [-0.15, -0.1) is 23.1 Å². The van der Waals surface area contributed by atoms with E-state index < -0.39 is 16.1 Å². The van der Waals surface area contributed by atoms with Gasteiger partial charge in [0.1, 0.15) is 22.4 Å². The molecule has 0 bridgehead atoms. The van der Waals surface area contributed by atoms with Gasteiger partial charge in [-0.05, 0) is 19.1 Å². The summed E-state index contributed by atoms with van der Waals surface area (Å²) in [5.41, 5.74) is 0.916. The monoisotopic (exact) mass is 457 g/mol. The number of nitrogens with zero attached hydrogens (tertiary/aromatic N) is 2. The lowest BCUT2D eigenvalue weighted by Crippen LogP contribution is -2.47. The summed E-state index contributed by atoms with van der Waals surface area (Å²) in [5.74, 6) is 0.892. The standard InChI is InChI=1S/C18H23N3O5S3/c1-12-20-13(9-28-12)6-7-19-18(22)15-10-27-11-21(15)29(23,24)17-8-14(25-2)4-5-16(17)26-3/h4-5,8-9,15H,6-7,10-11H2,1-3H3,(H,19,22). The highest BCUT2D eigenvalue weighted by Crippen LogP contribution is 2.35. The maximum atomic E-state index is 13.3. The molecule has 1 amide bonds. The smallest absolute Gasteiger partial charge is 0.248 e. The second-order valence-electron chi connectivity index (χ2n) is 6.32. The highest BCUT2D eigenvalue weighted by atomic mass is 32.2. The molecule has 1 aromatic carbocycles. The minimum atomic E-state index is -3.95. The van der Waals surface area contributed by atoms with Gasteiger partial charge in [-0.2, -0.15) is 4.31 Å². The molecule has 3 rings (SSSR count). The van der Waals surface area contributed by atoms with E-state index in [9.17, 15) is 13.2 Å². The molecule has 1 N–H and O–H groups in total. The molecule has 1 atom stereocenters. The van der Waals surface area contributed by atoms with E-state index in [4.69, 9.17) is 9.47 Å². The number of carbonyl (C=O) groups excluding carboxylic acids is 1. The number of benzene rings is 1. The molecule has 2 heterocycles. The molecule has 1 aromatic heterocycles. The quantitative estimate of drug-likeness (QED) is 0.646. The fraction of sp³-hybridized carbons (Fsp3) is 0.444. The van der Waals surface area contributed by atoms with Gasteiger partial charge < -0.3 is 14.8 Å². The fourth-order valence-corrected chi connectivity index (χ4v) is 6.91. The summed E-state index contributed by atoms with van der Waals surface area (Å²) in [4.78, 5) is 17.1. The van der Waals surface area contributed by atoms with Gasteiger partial charge in [-0.25, -0.2) is 13.4 Å². The van der Waals surface area contributed by atoms with Crippen molar-refractivity contribution in [3.8, 4) is 11.5 Å². The number of sulfonamides is 1. The van der Waals surface area contributed by atoms with Crippen molar-refractivity contribution >= 4 is 39.0 Å². The molecule has 0 spiro atoms. The van der Waals surface area contributed by atoms with Crippen molar-refractivity contribution in [2.75, 3.05) is 32.4 Å². The molecule has 2 aromatic rings. The van der Waals surface area contributed by atoms with Crippen molar-refractivity contribution in [2.45, 2.75) is 24.3 Å². The Morgan fingerprint density at radius 1 is 1.34 bits per heavy atom. The average Bonchev–Trinajstić information content (AvgIpc) is 3.37. The predicted octanol–water partition coefficient (Wildman–Crippen LogP) is 1.89. The lowest BCUT2D eigenvalue weighted by molar-refractivity contribution is -0.123. The van der Waals surface area contributed by atoms with Crippen molar-refractivity contribution in [3.05, 3.63) is 34.3 Å². The summed E-state index contributed by atoms with van der Waals surface area (Å²) in [6, 6.07) is 3.80. The number of aromatic nitrogens is 1. The fourth-order valence-electron chi connectivity index (χ4n) is 2.94. The van der Waals surface area contributed by atoms with Crippen LogP contribution in [0.5, 0.6) is 11.5 Å². The first-order valence-corrected chi connectivity index (χ1v) is 12.3. The summed E-state index contributed by atoms with van der Waals surface area (Å²) < 4.78 is 38.2. The number of nitrogens with one attached hydrogen (secondary N) is 1. The number of hydrogen-bond acceptors (Lipinski definition) is 8. The number of ether oxygens (including phenoxy) is 2. The summed E-state index contributed by atoms with van der Waals surface area (Å²) >= 11 is 2.96. The third kappa shape index (κ3) is 4.85. The van der Waals surface area contributed by atoms with Crippen LogP contribution in [-0.2, 0) is 21.2 Å². The highest BCUT2D eigenvalue weighted by molar-refractivity contribution is 8.00. The van der Waals surface area contributed by atoms with Crippen LogP contribution in [0, 0.1) is 6.92 Å².